The number of nitrogens with zero attached hydrogens (tertiary/aromatic N) is 2. The summed E-state index contributed by atoms with van der Waals surface area (Å²) in [5.41, 5.74) is 14.2. The van der Waals surface area contributed by atoms with Crippen LogP contribution in [0.15, 0.2) is 264 Å². The van der Waals surface area contributed by atoms with E-state index in [1.807, 2.05) is 23.5 Å². The molecule has 0 saturated heterocycles. The van der Waals surface area contributed by atoms with Gasteiger partial charge in [0.1, 0.15) is 11.2 Å². The van der Waals surface area contributed by atoms with Crippen LogP contribution in [0.5, 0.6) is 0 Å². The van der Waals surface area contributed by atoms with E-state index in [1.54, 1.807) is 0 Å². The number of hydrogen-bond donors (Lipinski definition) is 0. The van der Waals surface area contributed by atoms with Crippen molar-refractivity contribution in [2.75, 3.05) is 9.80 Å². The minimum Gasteiger partial charge on any atom is -0.454 e. The molecule has 0 aliphatic rings. The first-order valence-electron chi connectivity index (χ1n) is 24.7. The van der Waals surface area contributed by atoms with Crippen molar-refractivity contribution in [1.29, 1.82) is 0 Å². The number of hydrogen-bond acceptors (Lipinski definition) is 5. The molecule has 5 heteroatoms. The summed E-state index contributed by atoms with van der Waals surface area (Å²) < 4.78 is 16.2. The van der Waals surface area contributed by atoms with Crippen LogP contribution >= 0.6 is 11.3 Å². The van der Waals surface area contributed by atoms with E-state index in [9.17, 15) is 0 Å². The largest absolute Gasteiger partial charge is 0.454 e. The Kier molecular flexibility index (Phi) is 9.41. The summed E-state index contributed by atoms with van der Waals surface area (Å²) in [7, 11) is 0. The van der Waals surface area contributed by atoms with E-state index in [4.69, 9.17) is 8.83 Å². The molecule has 0 amide bonds. The summed E-state index contributed by atoms with van der Waals surface area (Å²) in [6.07, 6.45) is 0. The van der Waals surface area contributed by atoms with Crippen LogP contribution in [-0.4, -0.2) is 0 Å². The highest BCUT2D eigenvalue weighted by Gasteiger charge is 2.28. The van der Waals surface area contributed by atoms with Gasteiger partial charge in [0.05, 0.1) is 32.1 Å². The highest BCUT2D eigenvalue weighted by atomic mass is 32.1. The van der Waals surface area contributed by atoms with Crippen LogP contribution in [0.25, 0.3) is 108 Å². The van der Waals surface area contributed by atoms with Gasteiger partial charge in [0, 0.05) is 43.7 Å². The first-order valence-corrected chi connectivity index (χ1v) is 25.5. The van der Waals surface area contributed by atoms with Crippen LogP contribution in [0, 0.1) is 0 Å². The molecular weight excluding hydrogens is 909 g/mol. The molecule has 3 aromatic heterocycles. The molecule has 73 heavy (non-hydrogen) atoms. The second kappa shape index (κ2) is 16.6. The lowest BCUT2D eigenvalue weighted by Crippen LogP contribution is -2.10. The molecule has 3 heterocycles. The molecule has 15 aromatic rings. The molecule has 0 bridgehead atoms. The zero-order valence-electron chi connectivity index (χ0n) is 39.4. The third-order valence-corrected chi connectivity index (χ3v) is 15.8. The minimum absolute atomic E-state index is 0.839. The Hall–Kier alpha value is -9.42. The maximum absolute atomic E-state index is 6.93. The summed E-state index contributed by atoms with van der Waals surface area (Å²) in [5, 5.41) is 11.5. The summed E-state index contributed by atoms with van der Waals surface area (Å²) in [6, 6.07) is 91.6. The smallest absolute Gasteiger partial charge is 0.159 e. The second-order valence-electron chi connectivity index (χ2n) is 18.7. The van der Waals surface area contributed by atoms with Gasteiger partial charge in [0.25, 0.3) is 0 Å². The summed E-state index contributed by atoms with van der Waals surface area (Å²) in [5.74, 6) is 0. The van der Waals surface area contributed by atoms with E-state index < -0.39 is 0 Å². The number of furan rings is 2. The van der Waals surface area contributed by atoms with Crippen LogP contribution in [0.2, 0.25) is 0 Å². The lowest BCUT2D eigenvalue weighted by Gasteiger charge is -2.27. The predicted molar refractivity (Wildman–Crippen MR) is 309 cm³/mol. The van der Waals surface area contributed by atoms with Crippen LogP contribution in [0.1, 0.15) is 0 Å². The number of thiophene rings is 1. The van der Waals surface area contributed by atoms with Crippen LogP contribution < -0.4 is 9.80 Å². The minimum atomic E-state index is 0.839. The van der Waals surface area contributed by atoms with Crippen molar-refractivity contribution in [3.05, 3.63) is 255 Å². The first kappa shape index (κ1) is 41.4. The Morgan fingerprint density at radius 1 is 0.274 bits per heavy atom. The average Bonchev–Trinajstić information content (AvgIpc) is 4.18. The van der Waals surface area contributed by atoms with E-state index in [2.05, 4.69) is 252 Å². The molecule has 0 aliphatic heterocycles. The molecule has 342 valence electrons. The molecule has 0 radical (unpaired) electrons. The standard InChI is InChI=1S/C68H42N2O2S/c1-3-18-43(19-4-1)45-36-38-49(39-37-45)69(57-32-16-30-55-53-28-11-13-34-61(53)71-65(55)57)59-41-47-22-7-9-26-51(47)63-64-52-27-10-8-23-48(52)42-60(68(64)73-67(59)63)70(50-25-15-24-46(40-50)44-20-5-2-6-21-44)58-33-17-31-56-54-29-12-14-35-62(54)72-66(56)58/h1-42H. The van der Waals surface area contributed by atoms with Crippen molar-refractivity contribution in [3.63, 3.8) is 0 Å². The van der Waals surface area contributed by atoms with Crippen molar-refractivity contribution in [1.82, 2.24) is 0 Å². The van der Waals surface area contributed by atoms with Crippen molar-refractivity contribution in [2.45, 2.75) is 0 Å². The normalized spacial score (nSPS) is 11.8. The molecule has 0 spiro atoms. The van der Waals surface area contributed by atoms with Gasteiger partial charge in [0.2, 0.25) is 0 Å². The number of para-hydroxylation sites is 4. The van der Waals surface area contributed by atoms with Gasteiger partial charge in [-0.1, -0.05) is 194 Å². The van der Waals surface area contributed by atoms with Gasteiger partial charge < -0.3 is 18.6 Å². The molecule has 0 fully saturated rings. The molecule has 0 N–H and O–H groups in total. The third kappa shape index (κ3) is 6.60. The van der Waals surface area contributed by atoms with Crippen molar-refractivity contribution in [3.8, 4) is 22.3 Å². The molecule has 4 nitrogen and oxygen atoms in total. The maximum Gasteiger partial charge on any atom is 0.159 e. The molecule has 0 atom stereocenters. The van der Waals surface area contributed by atoms with Gasteiger partial charge >= 0.3 is 0 Å². The fourth-order valence-electron chi connectivity index (χ4n) is 11.3. The van der Waals surface area contributed by atoms with Gasteiger partial charge in [-0.3, -0.25) is 0 Å². The van der Waals surface area contributed by atoms with Gasteiger partial charge in [-0.15, -0.1) is 11.3 Å². The van der Waals surface area contributed by atoms with E-state index >= 15 is 0 Å². The molecule has 0 aliphatic carbocycles. The zero-order chi connectivity index (χ0) is 48.0. The Balaban J connectivity index is 1.07. The summed E-state index contributed by atoms with van der Waals surface area (Å²) in [6.45, 7) is 0. The van der Waals surface area contributed by atoms with E-state index in [-0.39, 0.29) is 0 Å². The Labute approximate surface area is 424 Å². The average molecular weight is 951 g/mol. The summed E-state index contributed by atoms with van der Waals surface area (Å²) >= 11 is 1.86. The lowest BCUT2D eigenvalue weighted by atomic mass is 9.97. The van der Waals surface area contributed by atoms with Crippen molar-refractivity contribution < 1.29 is 8.83 Å². The third-order valence-electron chi connectivity index (χ3n) is 14.6. The fourth-order valence-corrected chi connectivity index (χ4v) is 12.6. The molecule has 15 rings (SSSR count). The van der Waals surface area contributed by atoms with Gasteiger partial charge in [-0.25, -0.2) is 0 Å². The number of anilines is 6. The van der Waals surface area contributed by atoms with Crippen LogP contribution in [0.4, 0.5) is 34.1 Å². The molecule has 0 saturated carbocycles. The SMILES string of the molecule is c1ccc(-c2ccc(N(c3cccc4c3oc3ccccc34)c3cc4ccccc4c4c3sc3c(N(c5cccc(-c6ccccc6)c5)c5cccc6c5oc5ccccc56)cc5ccccc5c34)cc2)cc1. The van der Waals surface area contributed by atoms with E-state index in [1.165, 1.54) is 36.5 Å². The fraction of sp³-hybridized carbons (Fsp3) is 0. The molecule has 0 unspecified atom stereocenters. The first-order chi connectivity index (χ1) is 36.2. The number of fused-ring (bicyclic) bond motifs is 13. The van der Waals surface area contributed by atoms with Crippen molar-refractivity contribution in [2.24, 2.45) is 0 Å². The van der Waals surface area contributed by atoms with Gasteiger partial charge in [-0.2, -0.15) is 0 Å². The molecular formula is C68H42N2O2S. The highest BCUT2D eigenvalue weighted by Crippen LogP contribution is 2.55. The maximum atomic E-state index is 6.93. The van der Waals surface area contributed by atoms with Crippen LogP contribution in [0.3, 0.4) is 0 Å². The van der Waals surface area contributed by atoms with E-state index in [0.29, 0.717) is 0 Å². The Morgan fingerprint density at radius 3 is 1.23 bits per heavy atom. The number of rotatable bonds is 8. The summed E-state index contributed by atoms with van der Waals surface area (Å²) in [4.78, 5) is 4.88. The van der Waals surface area contributed by atoms with Gasteiger partial charge in [0.15, 0.2) is 11.2 Å². The predicted octanol–water partition coefficient (Wildman–Crippen LogP) is 20.4. The van der Waals surface area contributed by atoms with Crippen molar-refractivity contribution >= 4 is 131 Å². The Bertz CT molecular complexity index is 4630. The van der Waals surface area contributed by atoms with Gasteiger partial charge in [-0.05, 0) is 104 Å². The lowest BCUT2D eigenvalue weighted by molar-refractivity contribution is 0.669. The Morgan fingerprint density at radius 2 is 0.685 bits per heavy atom. The number of benzene rings is 12. The zero-order valence-corrected chi connectivity index (χ0v) is 40.2. The molecule has 12 aromatic carbocycles. The highest BCUT2D eigenvalue weighted by molar-refractivity contribution is 7.27. The van der Waals surface area contributed by atoms with E-state index in [0.717, 1.165) is 105 Å². The monoisotopic (exact) mass is 950 g/mol. The van der Waals surface area contributed by atoms with Crippen LogP contribution in [-0.2, 0) is 0 Å². The second-order valence-corrected chi connectivity index (χ2v) is 19.8. The topological polar surface area (TPSA) is 32.8 Å². The quantitative estimate of drug-likeness (QED) is 0.152.